The number of urea groups is 1. The monoisotopic (exact) mass is 206 g/mol. The number of carbonyl (C=O) groups excluding carboxylic acids is 2. The van der Waals surface area contributed by atoms with Crippen molar-refractivity contribution in [3.63, 3.8) is 0 Å². The van der Waals surface area contributed by atoms with Gasteiger partial charge in [0.15, 0.2) is 0 Å². The van der Waals surface area contributed by atoms with Gasteiger partial charge in [0.1, 0.15) is 6.04 Å². The van der Waals surface area contributed by atoms with Crippen LogP contribution in [0.3, 0.4) is 0 Å². The lowest BCUT2D eigenvalue weighted by atomic mass is 10.1. The molecule has 0 saturated carbocycles. The molecule has 1 aliphatic rings. The van der Waals surface area contributed by atoms with Crippen LogP contribution in [0.4, 0.5) is 4.79 Å². The van der Waals surface area contributed by atoms with Gasteiger partial charge < -0.3 is 5.32 Å². The van der Waals surface area contributed by atoms with Gasteiger partial charge in [-0.2, -0.15) is 0 Å². The second-order valence-electron chi connectivity index (χ2n) is 3.44. The number of rotatable bonds is 1. The van der Waals surface area contributed by atoms with E-state index in [1.54, 1.807) is 12.1 Å². The Morgan fingerprint density at radius 3 is 2.33 bits per heavy atom. The topological polar surface area (TPSA) is 69.6 Å². The van der Waals surface area contributed by atoms with E-state index in [4.69, 9.17) is 5.21 Å². The molecule has 5 heteroatoms. The molecule has 2 rings (SSSR count). The van der Waals surface area contributed by atoms with Crippen LogP contribution in [-0.4, -0.2) is 22.2 Å². The molecule has 0 bridgehead atoms. The van der Waals surface area contributed by atoms with Crippen LogP contribution in [0, 0.1) is 6.92 Å². The lowest BCUT2D eigenvalue weighted by molar-refractivity contribution is -0.149. The first-order chi connectivity index (χ1) is 7.09. The first-order valence-corrected chi connectivity index (χ1v) is 4.49. The summed E-state index contributed by atoms with van der Waals surface area (Å²) >= 11 is 0. The molecule has 1 aromatic rings. The minimum atomic E-state index is -0.787. The average Bonchev–Trinajstić information content (AvgIpc) is 2.47. The fraction of sp³-hybridized carbons (Fsp3) is 0.200. The van der Waals surface area contributed by atoms with Gasteiger partial charge in [-0.25, -0.2) is 4.79 Å². The van der Waals surface area contributed by atoms with Crippen molar-refractivity contribution >= 4 is 11.9 Å². The zero-order valence-corrected chi connectivity index (χ0v) is 8.10. The summed E-state index contributed by atoms with van der Waals surface area (Å²) < 4.78 is 0. The van der Waals surface area contributed by atoms with Crippen molar-refractivity contribution in [2.24, 2.45) is 0 Å². The predicted molar refractivity (Wildman–Crippen MR) is 51.1 cm³/mol. The van der Waals surface area contributed by atoms with E-state index < -0.39 is 18.0 Å². The van der Waals surface area contributed by atoms with E-state index in [1.165, 1.54) is 0 Å². The highest BCUT2D eigenvalue weighted by Gasteiger charge is 2.38. The van der Waals surface area contributed by atoms with Crippen molar-refractivity contribution in [2.75, 3.05) is 0 Å². The van der Waals surface area contributed by atoms with E-state index in [0.717, 1.165) is 5.56 Å². The summed E-state index contributed by atoms with van der Waals surface area (Å²) in [5, 5.41) is 11.5. The molecule has 1 fully saturated rings. The largest absolute Gasteiger partial charge is 0.349 e. The number of hydrogen-bond acceptors (Lipinski definition) is 3. The Morgan fingerprint density at radius 1 is 1.27 bits per heavy atom. The highest BCUT2D eigenvalue weighted by atomic mass is 16.5. The Bertz CT molecular complexity index is 413. The highest BCUT2D eigenvalue weighted by Crippen LogP contribution is 2.20. The molecule has 0 aromatic heterocycles. The molecule has 1 aliphatic heterocycles. The van der Waals surface area contributed by atoms with Gasteiger partial charge >= 0.3 is 6.03 Å². The van der Waals surface area contributed by atoms with Gasteiger partial charge in [-0.3, -0.25) is 10.0 Å². The van der Waals surface area contributed by atoms with Crippen LogP contribution < -0.4 is 5.32 Å². The Morgan fingerprint density at radius 2 is 1.87 bits per heavy atom. The Hall–Kier alpha value is -1.88. The number of carbonyl (C=O) groups is 2. The molecule has 3 amide bonds. The van der Waals surface area contributed by atoms with E-state index in [1.807, 2.05) is 19.1 Å². The maximum Gasteiger partial charge on any atom is 0.349 e. The molecule has 0 spiro atoms. The first kappa shape index (κ1) is 9.67. The summed E-state index contributed by atoms with van der Waals surface area (Å²) in [6.07, 6.45) is 0. The van der Waals surface area contributed by atoms with Crippen LogP contribution in [0.1, 0.15) is 17.2 Å². The van der Waals surface area contributed by atoms with Crippen LogP contribution in [0.25, 0.3) is 0 Å². The van der Waals surface area contributed by atoms with Crippen LogP contribution in [0.2, 0.25) is 0 Å². The molecule has 5 nitrogen and oxygen atoms in total. The SMILES string of the molecule is Cc1ccc([C@H]2NC(=O)N(O)C2=O)cc1. The first-order valence-electron chi connectivity index (χ1n) is 4.49. The second-order valence-corrected chi connectivity index (χ2v) is 3.44. The maximum absolute atomic E-state index is 11.4. The molecular formula is C10H10N2O3. The Kier molecular flexibility index (Phi) is 2.17. The normalized spacial score (nSPS) is 20.7. The minimum Gasteiger partial charge on any atom is -0.320 e. The van der Waals surface area contributed by atoms with Crippen molar-refractivity contribution in [3.8, 4) is 0 Å². The molecule has 2 N–H and O–H groups in total. The van der Waals surface area contributed by atoms with Crippen LogP contribution >= 0.6 is 0 Å². The van der Waals surface area contributed by atoms with Crippen molar-refractivity contribution < 1.29 is 14.8 Å². The Balaban J connectivity index is 2.29. The number of hydroxylamine groups is 2. The van der Waals surface area contributed by atoms with Gasteiger partial charge in [0.05, 0.1) is 0 Å². The number of hydrogen-bond donors (Lipinski definition) is 2. The lowest BCUT2D eigenvalue weighted by Gasteiger charge is -2.07. The number of nitrogens with one attached hydrogen (secondary N) is 1. The van der Waals surface area contributed by atoms with Gasteiger partial charge in [-0.15, -0.1) is 5.06 Å². The molecule has 0 aliphatic carbocycles. The van der Waals surface area contributed by atoms with Gasteiger partial charge in [-0.05, 0) is 12.5 Å². The summed E-state index contributed by atoms with van der Waals surface area (Å²) in [6, 6.07) is 5.62. The van der Waals surface area contributed by atoms with Crippen molar-refractivity contribution in [2.45, 2.75) is 13.0 Å². The zero-order chi connectivity index (χ0) is 11.0. The van der Waals surface area contributed by atoms with E-state index in [2.05, 4.69) is 5.32 Å². The number of imide groups is 1. The van der Waals surface area contributed by atoms with Gasteiger partial charge in [0.25, 0.3) is 5.91 Å². The predicted octanol–water partition coefficient (Wildman–Crippen LogP) is 0.977. The maximum atomic E-state index is 11.4. The van der Waals surface area contributed by atoms with Crippen molar-refractivity contribution in [1.29, 1.82) is 0 Å². The van der Waals surface area contributed by atoms with Gasteiger partial charge in [0.2, 0.25) is 0 Å². The molecule has 78 valence electrons. The molecular weight excluding hydrogens is 196 g/mol. The number of benzene rings is 1. The lowest BCUT2D eigenvalue weighted by Crippen LogP contribution is -2.26. The van der Waals surface area contributed by atoms with Crippen molar-refractivity contribution in [1.82, 2.24) is 10.4 Å². The third kappa shape index (κ3) is 1.57. The molecule has 1 saturated heterocycles. The van der Waals surface area contributed by atoms with Gasteiger partial charge in [0, 0.05) is 0 Å². The van der Waals surface area contributed by atoms with Gasteiger partial charge in [-0.1, -0.05) is 29.8 Å². The van der Waals surface area contributed by atoms with E-state index in [0.29, 0.717) is 5.56 Å². The quantitative estimate of drug-likeness (QED) is 0.531. The van der Waals surface area contributed by atoms with E-state index >= 15 is 0 Å². The fourth-order valence-electron chi connectivity index (χ4n) is 1.45. The third-order valence-electron chi connectivity index (χ3n) is 2.33. The fourth-order valence-corrected chi connectivity index (χ4v) is 1.45. The number of aryl methyl sites for hydroxylation is 1. The summed E-state index contributed by atoms with van der Waals surface area (Å²) in [7, 11) is 0. The molecule has 15 heavy (non-hydrogen) atoms. The van der Waals surface area contributed by atoms with Crippen LogP contribution in [0.5, 0.6) is 0 Å². The second kappa shape index (κ2) is 3.36. The Labute approximate surface area is 86.3 Å². The smallest absolute Gasteiger partial charge is 0.320 e. The summed E-state index contributed by atoms with van der Waals surface area (Å²) in [5.74, 6) is -0.649. The summed E-state index contributed by atoms with van der Waals surface area (Å²) in [4.78, 5) is 22.4. The van der Waals surface area contributed by atoms with E-state index in [-0.39, 0.29) is 5.06 Å². The minimum absolute atomic E-state index is 0.102. The third-order valence-corrected chi connectivity index (χ3v) is 2.33. The van der Waals surface area contributed by atoms with E-state index in [9.17, 15) is 9.59 Å². The summed E-state index contributed by atoms with van der Waals surface area (Å²) in [5.41, 5.74) is 1.73. The number of amides is 3. The number of nitrogens with zero attached hydrogens (tertiary/aromatic N) is 1. The zero-order valence-electron chi connectivity index (χ0n) is 8.10. The molecule has 1 heterocycles. The van der Waals surface area contributed by atoms with Crippen LogP contribution in [-0.2, 0) is 4.79 Å². The molecule has 0 radical (unpaired) electrons. The summed E-state index contributed by atoms with van der Waals surface area (Å²) in [6.45, 7) is 1.93. The molecule has 1 aromatic carbocycles. The average molecular weight is 206 g/mol. The highest BCUT2D eigenvalue weighted by molar-refractivity contribution is 6.03. The molecule has 0 unspecified atom stereocenters. The standard InChI is InChI=1S/C10H10N2O3/c1-6-2-4-7(5-3-6)8-9(13)12(15)10(14)11-8/h2-5,8,15H,1H3,(H,11,14)/t8-/m1/s1. The van der Waals surface area contributed by atoms with Crippen LogP contribution in [0.15, 0.2) is 24.3 Å². The van der Waals surface area contributed by atoms with Crippen molar-refractivity contribution in [3.05, 3.63) is 35.4 Å². The molecule has 1 atom stereocenters.